The lowest BCUT2D eigenvalue weighted by Crippen LogP contribution is -2.53. The Balaban J connectivity index is 2.01. The largest absolute Gasteiger partial charge is 0.380 e. The molecule has 1 atom stereocenters. The topological polar surface area (TPSA) is 40.5 Å². The SMILES string of the molecule is CC(C)[C@]1(C)CCN(C(=O)C2(O)CCC2)C1. The van der Waals surface area contributed by atoms with Gasteiger partial charge in [-0.1, -0.05) is 20.8 Å². The van der Waals surface area contributed by atoms with Crippen LogP contribution in [0.4, 0.5) is 0 Å². The molecule has 1 N–H and O–H groups in total. The van der Waals surface area contributed by atoms with Crippen LogP contribution >= 0.6 is 0 Å². The molecule has 0 aromatic heterocycles. The summed E-state index contributed by atoms with van der Waals surface area (Å²) in [5.74, 6) is 0.560. The third-order valence-corrected chi connectivity index (χ3v) is 4.76. The number of hydrogen-bond acceptors (Lipinski definition) is 2. The highest BCUT2D eigenvalue weighted by Gasteiger charge is 2.48. The van der Waals surface area contributed by atoms with Crippen LogP contribution in [0.25, 0.3) is 0 Å². The van der Waals surface area contributed by atoms with Crippen LogP contribution in [-0.2, 0) is 4.79 Å². The highest BCUT2D eigenvalue weighted by atomic mass is 16.3. The van der Waals surface area contributed by atoms with E-state index in [0.29, 0.717) is 18.8 Å². The van der Waals surface area contributed by atoms with E-state index in [1.54, 1.807) is 0 Å². The molecule has 2 aliphatic rings. The number of aliphatic hydroxyl groups is 1. The first kappa shape index (κ1) is 11.9. The van der Waals surface area contributed by atoms with Crippen LogP contribution in [0, 0.1) is 11.3 Å². The number of carbonyl (C=O) groups excluding carboxylic acids is 1. The molecule has 0 radical (unpaired) electrons. The highest BCUT2D eigenvalue weighted by molar-refractivity contribution is 5.86. The van der Waals surface area contributed by atoms with Crippen molar-refractivity contribution in [2.24, 2.45) is 11.3 Å². The molecular formula is C13H23NO2. The lowest BCUT2D eigenvalue weighted by Gasteiger charge is -2.38. The molecule has 1 saturated heterocycles. The Hall–Kier alpha value is -0.570. The minimum atomic E-state index is -1.01. The van der Waals surface area contributed by atoms with Gasteiger partial charge >= 0.3 is 0 Å². The summed E-state index contributed by atoms with van der Waals surface area (Å²) in [5.41, 5.74) is -0.780. The van der Waals surface area contributed by atoms with Crippen molar-refractivity contribution in [1.82, 2.24) is 4.90 Å². The van der Waals surface area contributed by atoms with Crippen LogP contribution < -0.4 is 0 Å². The smallest absolute Gasteiger partial charge is 0.254 e. The van der Waals surface area contributed by atoms with Crippen molar-refractivity contribution in [2.45, 2.75) is 52.1 Å². The standard InChI is InChI=1S/C13H23NO2/c1-10(2)12(3)7-8-14(9-12)11(15)13(16)5-4-6-13/h10,16H,4-9H2,1-3H3/t12-/m1/s1. The summed E-state index contributed by atoms with van der Waals surface area (Å²) >= 11 is 0. The van der Waals surface area contributed by atoms with Crippen molar-refractivity contribution >= 4 is 5.91 Å². The van der Waals surface area contributed by atoms with Crippen LogP contribution in [0.5, 0.6) is 0 Å². The Morgan fingerprint density at radius 3 is 2.31 bits per heavy atom. The Labute approximate surface area is 97.8 Å². The molecule has 3 nitrogen and oxygen atoms in total. The molecule has 1 saturated carbocycles. The summed E-state index contributed by atoms with van der Waals surface area (Å²) in [7, 11) is 0. The second-order valence-corrected chi connectivity index (χ2v) is 6.17. The van der Waals surface area contributed by atoms with E-state index in [1.165, 1.54) is 0 Å². The third kappa shape index (κ3) is 1.75. The lowest BCUT2D eigenvalue weighted by molar-refractivity contribution is -0.159. The molecule has 1 amide bonds. The molecule has 0 aromatic rings. The van der Waals surface area contributed by atoms with E-state index in [1.807, 2.05) is 4.90 Å². The minimum Gasteiger partial charge on any atom is -0.380 e. The van der Waals surface area contributed by atoms with E-state index in [9.17, 15) is 9.90 Å². The number of nitrogens with zero attached hydrogens (tertiary/aromatic N) is 1. The molecule has 1 aliphatic carbocycles. The fourth-order valence-corrected chi connectivity index (χ4v) is 2.65. The van der Waals surface area contributed by atoms with Gasteiger partial charge in [0.25, 0.3) is 5.91 Å². The summed E-state index contributed by atoms with van der Waals surface area (Å²) in [6, 6.07) is 0. The molecule has 2 fully saturated rings. The maximum absolute atomic E-state index is 12.1. The first-order valence-corrected chi connectivity index (χ1v) is 6.39. The molecule has 3 heteroatoms. The van der Waals surface area contributed by atoms with Gasteiger partial charge in [0.1, 0.15) is 5.60 Å². The van der Waals surface area contributed by atoms with E-state index in [0.717, 1.165) is 25.9 Å². The number of likely N-dealkylation sites (tertiary alicyclic amines) is 1. The van der Waals surface area contributed by atoms with Crippen molar-refractivity contribution in [3.05, 3.63) is 0 Å². The van der Waals surface area contributed by atoms with Crippen LogP contribution in [-0.4, -0.2) is 34.6 Å². The summed E-state index contributed by atoms with van der Waals surface area (Å²) in [4.78, 5) is 14.0. The third-order valence-electron chi connectivity index (χ3n) is 4.76. The Morgan fingerprint density at radius 2 is 1.94 bits per heavy atom. The summed E-state index contributed by atoms with van der Waals surface area (Å²) in [6.45, 7) is 8.30. The summed E-state index contributed by atoms with van der Waals surface area (Å²) in [6.07, 6.45) is 3.35. The van der Waals surface area contributed by atoms with Gasteiger partial charge in [0.2, 0.25) is 0 Å². The zero-order valence-corrected chi connectivity index (χ0v) is 10.6. The van der Waals surface area contributed by atoms with E-state index >= 15 is 0 Å². The van der Waals surface area contributed by atoms with Gasteiger partial charge in [-0.15, -0.1) is 0 Å². The molecule has 0 aromatic carbocycles. The van der Waals surface area contributed by atoms with Gasteiger partial charge in [-0.3, -0.25) is 4.79 Å². The van der Waals surface area contributed by atoms with E-state index in [2.05, 4.69) is 20.8 Å². The van der Waals surface area contributed by atoms with Crippen molar-refractivity contribution in [1.29, 1.82) is 0 Å². The van der Waals surface area contributed by atoms with E-state index < -0.39 is 5.60 Å². The van der Waals surface area contributed by atoms with E-state index in [4.69, 9.17) is 0 Å². The fourth-order valence-electron chi connectivity index (χ4n) is 2.65. The van der Waals surface area contributed by atoms with Crippen molar-refractivity contribution in [3.8, 4) is 0 Å². The fraction of sp³-hybridized carbons (Fsp3) is 0.923. The van der Waals surface area contributed by atoms with Crippen LogP contribution in [0.3, 0.4) is 0 Å². The maximum atomic E-state index is 12.1. The van der Waals surface area contributed by atoms with Gasteiger partial charge in [-0.2, -0.15) is 0 Å². The normalized spacial score (nSPS) is 32.9. The second-order valence-electron chi connectivity index (χ2n) is 6.17. The number of hydrogen-bond donors (Lipinski definition) is 1. The molecule has 16 heavy (non-hydrogen) atoms. The zero-order valence-electron chi connectivity index (χ0n) is 10.6. The van der Waals surface area contributed by atoms with E-state index in [-0.39, 0.29) is 11.3 Å². The highest BCUT2D eigenvalue weighted by Crippen LogP contribution is 2.40. The zero-order chi connectivity index (χ0) is 12.0. The van der Waals surface area contributed by atoms with Gasteiger partial charge in [0.15, 0.2) is 0 Å². The Bertz CT molecular complexity index is 296. The summed E-state index contributed by atoms with van der Waals surface area (Å²) in [5, 5.41) is 10.1. The predicted molar refractivity (Wildman–Crippen MR) is 62.9 cm³/mol. The Morgan fingerprint density at radius 1 is 1.31 bits per heavy atom. The first-order chi connectivity index (χ1) is 7.37. The van der Waals surface area contributed by atoms with Gasteiger partial charge < -0.3 is 10.0 Å². The van der Waals surface area contributed by atoms with Crippen molar-refractivity contribution in [3.63, 3.8) is 0 Å². The van der Waals surface area contributed by atoms with Crippen LogP contribution in [0.15, 0.2) is 0 Å². The average molecular weight is 225 g/mol. The molecule has 2 rings (SSSR count). The van der Waals surface area contributed by atoms with Crippen molar-refractivity contribution in [2.75, 3.05) is 13.1 Å². The van der Waals surface area contributed by atoms with Crippen molar-refractivity contribution < 1.29 is 9.90 Å². The maximum Gasteiger partial charge on any atom is 0.254 e. The molecule has 0 bridgehead atoms. The van der Waals surface area contributed by atoms with Gasteiger partial charge in [-0.05, 0) is 37.0 Å². The molecule has 1 heterocycles. The number of carbonyl (C=O) groups is 1. The molecule has 0 spiro atoms. The Kier molecular flexibility index (Phi) is 2.77. The number of rotatable bonds is 2. The summed E-state index contributed by atoms with van der Waals surface area (Å²) < 4.78 is 0. The second kappa shape index (κ2) is 3.73. The van der Waals surface area contributed by atoms with Gasteiger partial charge in [-0.25, -0.2) is 0 Å². The quantitative estimate of drug-likeness (QED) is 0.778. The minimum absolute atomic E-state index is 0.0249. The van der Waals surface area contributed by atoms with Gasteiger partial charge in [0, 0.05) is 13.1 Å². The molecule has 1 aliphatic heterocycles. The number of amides is 1. The van der Waals surface area contributed by atoms with Crippen LogP contribution in [0.2, 0.25) is 0 Å². The van der Waals surface area contributed by atoms with Gasteiger partial charge in [0.05, 0.1) is 0 Å². The first-order valence-electron chi connectivity index (χ1n) is 6.39. The average Bonchev–Trinajstić information content (AvgIpc) is 2.57. The molecule has 92 valence electrons. The molecule has 0 unspecified atom stereocenters. The van der Waals surface area contributed by atoms with Crippen LogP contribution in [0.1, 0.15) is 46.5 Å². The monoisotopic (exact) mass is 225 g/mol. The predicted octanol–water partition coefficient (Wildman–Crippen LogP) is 1.80. The molecular weight excluding hydrogens is 202 g/mol. The lowest BCUT2D eigenvalue weighted by atomic mass is 9.78.